The van der Waals surface area contributed by atoms with Crippen molar-refractivity contribution in [3.05, 3.63) is 59.4 Å². The van der Waals surface area contributed by atoms with Crippen LogP contribution in [0.25, 0.3) is 11.1 Å². The number of esters is 1. The van der Waals surface area contributed by atoms with Crippen molar-refractivity contribution in [2.24, 2.45) is 0 Å². The number of amides is 1. The summed E-state index contributed by atoms with van der Waals surface area (Å²) in [6.07, 6.45) is -0.536. The van der Waals surface area contributed by atoms with Gasteiger partial charge >= 0.3 is 5.97 Å². The average Bonchev–Trinajstić information content (AvgIpc) is 3.05. The Kier molecular flexibility index (Phi) is 5.53. The zero-order valence-corrected chi connectivity index (χ0v) is 14.8. The first-order valence-corrected chi connectivity index (χ1v) is 8.49. The van der Waals surface area contributed by atoms with Crippen molar-refractivity contribution in [1.29, 1.82) is 0 Å². The number of nitrogens with zero attached hydrogens (tertiary/aromatic N) is 1. The largest absolute Gasteiger partial charge is 0.453 e. The molecule has 6 nitrogen and oxygen atoms in total. The Hall–Kier alpha value is -2.86. The van der Waals surface area contributed by atoms with E-state index in [0.717, 1.165) is 5.52 Å². The van der Waals surface area contributed by atoms with Gasteiger partial charge in [0, 0.05) is 17.1 Å². The van der Waals surface area contributed by atoms with E-state index in [1.165, 1.54) is 6.92 Å². The van der Waals surface area contributed by atoms with E-state index in [0.29, 0.717) is 28.6 Å². The molecular formula is C19H17ClN2O4. The Morgan fingerprint density at radius 2 is 1.92 bits per heavy atom. The average molecular weight is 373 g/mol. The fourth-order valence-electron chi connectivity index (χ4n) is 2.32. The van der Waals surface area contributed by atoms with Crippen LogP contribution in [0.5, 0.6) is 0 Å². The number of nitrogens with one attached hydrogen (secondary N) is 1. The minimum Gasteiger partial charge on any atom is -0.453 e. The number of aryl methyl sites for hydroxylation is 1. The Morgan fingerprint density at radius 1 is 1.19 bits per heavy atom. The number of hydrogen-bond acceptors (Lipinski definition) is 5. The van der Waals surface area contributed by atoms with Gasteiger partial charge in [-0.15, -0.1) is 0 Å². The minimum absolute atomic E-state index is 0.0748. The molecule has 3 rings (SSSR count). The second kappa shape index (κ2) is 8.01. The zero-order valence-electron chi connectivity index (χ0n) is 14.1. The normalized spacial score (nSPS) is 11.9. The fourth-order valence-corrected chi connectivity index (χ4v) is 2.45. The maximum Gasteiger partial charge on any atom is 0.307 e. The smallest absolute Gasteiger partial charge is 0.307 e. The predicted octanol–water partition coefficient (Wildman–Crippen LogP) is 3.98. The number of benzene rings is 2. The van der Waals surface area contributed by atoms with Gasteiger partial charge in [-0.3, -0.25) is 9.59 Å². The Bertz CT molecular complexity index is 888. The molecule has 3 aromatic rings. The van der Waals surface area contributed by atoms with Crippen LogP contribution in [-0.2, 0) is 20.7 Å². The van der Waals surface area contributed by atoms with E-state index in [9.17, 15) is 9.59 Å². The molecule has 26 heavy (non-hydrogen) atoms. The topological polar surface area (TPSA) is 81.4 Å². The van der Waals surface area contributed by atoms with E-state index >= 15 is 0 Å². The third-order valence-corrected chi connectivity index (χ3v) is 3.92. The number of aromatic nitrogens is 1. The van der Waals surface area contributed by atoms with E-state index in [1.54, 1.807) is 24.3 Å². The fraction of sp³-hybridized carbons (Fsp3) is 0.211. The second-order valence-electron chi connectivity index (χ2n) is 5.70. The molecule has 0 saturated heterocycles. The van der Waals surface area contributed by atoms with Crippen molar-refractivity contribution >= 4 is 40.3 Å². The monoisotopic (exact) mass is 372 g/mol. The van der Waals surface area contributed by atoms with Crippen LogP contribution in [0.3, 0.4) is 0 Å². The van der Waals surface area contributed by atoms with Gasteiger partial charge in [-0.1, -0.05) is 23.7 Å². The SMILES string of the molecule is C[C@@H](OC(=O)CCc1nc2ccccc2o1)C(=O)Nc1ccc(Cl)cc1. The highest BCUT2D eigenvalue weighted by Crippen LogP contribution is 2.16. The van der Waals surface area contributed by atoms with Gasteiger partial charge in [0.1, 0.15) is 5.52 Å². The van der Waals surface area contributed by atoms with Gasteiger partial charge in [-0.25, -0.2) is 4.98 Å². The molecule has 0 spiro atoms. The van der Waals surface area contributed by atoms with Crippen LogP contribution in [0, 0.1) is 0 Å². The maximum atomic E-state index is 12.1. The Labute approximate surface area is 155 Å². The van der Waals surface area contributed by atoms with Crippen LogP contribution in [0.4, 0.5) is 5.69 Å². The molecule has 0 unspecified atom stereocenters. The number of hydrogen-bond donors (Lipinski definition) is 1. The van der Waals surface area contributed by atoms with Crippen LogP contribution in [0.1, 0.15) is 19.2 Å². The summed E-state index contributed by atoms with van der Waals surface area (Å²) in [5.41, 5.74) is 1.99. The summed E-state index contributed by atoms with van der Waals surface area (Å²) in [5, 5.41) is 3.23. The molecule has 0 saturated carbocycles. The van der Waals surface area contributed by atoms with E-state index in [-0.39, 0.29) is 6.42 Å². The van der Waals surface area contributed by atoms with E-state index in [4.69, 9.17) is 20.8 Å². The number of halogens is 1. The van der Waals surface area contributed by atoms with Crippen molar-refractivity contribution < 1.29 is 18.7 Å². The van der Waals surface area contributed by atoms with Crippen molar-refractivity contribution in [3.8, 4) is 0 Å². The number of anilines is 1. The molecule has 0 aliphatic rings. The van der Waals surface area contributed by atoms with Crippen molar-refractivity contribution in [1.82, 2.24) is 4.98 Å². The first-order chi connectivity index (χ1) is 12.5. The minimum atomic E-state index is -0.915. The lowest BCUT2D eigenvalue weighted by molar-refractivity contribution is -0.153. The molecule has 1 amide bonds. The maximum absolute atomic E-state index is 12.1. The lowest BCUT2D eigenvalue weighted by atomic mass is 10.3. The van der Waals surface area contributed by atoms with E-state index in [2.05, 4.69) is 10.3 Å². The molecule has 0 radical (unpaired) electrons. The van der Waals surface area contributed by atoms with Gasteiger partial charge in [-0.05, 0) is 43.3 Å². The summed E-state index contributed by atoms with van der Waals surface area (Å²) >= 11 is 5.80. The van der Waals surface area contributed by atoms with E-state index < -0.39 is 18.0 Å². The van der Waals surface area contributed by atoms with Crippen LogP contribution < -0.4 is 5.32 Å². The molecule has 0 bridgehead atoms. The van der Waals surface area contributed by atoms with E-state index in [1.807, 2.05) is 24.3 Å². The van der Waals surface area contributed by atoms with Crippen LogP contribution in [0.15, 0.2) is 52.9 Å². The lowest BCUT2D eigenvalue weighted by Crippen LogP contribution is -2.30. The molecule has 1 atom stereocenters. The van der Waals surface area contributed by atoms with Gasteiger partial charge in [0.2, 0.25) is 0 Å². The highest BCUT2D eigenvalue weighted by molar-refractivity contribution is 6.30. The number of carbonyl (C=O) groups is 2. The predicted molar refractivity (Wildman–Crippen MR) is 98.0 cm³/mol. The van der Waals surface area contributed by atoms with Gasteiger partial charge < -0.3 is 14.5 Å². The summed E-state index contributed by atoms with van der Waals surface area (Å²) < 4.78 is 10.7. The van der Waals surface area contributed by atoms with Crippen LogP contribution >= 0.6 is 11.6 Å². The van der Waals surface area contributed by atoms with Crippen LogP contribution in [-0.4, -0.2) is 23.0 Å². The molecule has 1 aromatic heterocycles. The van der Waals surface area contributed by atoms with Gasteiger partial charge in [0.05, 0.1) is 6.42 Å². The highest BCUT2D eigenvalue weighted by atomic mass is 35.5. The van der Waals surface area contributed by atoms with Gasteiger partial charge in [-0.2, -0.15) is 0 Å². The highest BCUT2D eigenvalue weighted by Gasteiger charge is 2.18. The van der Waals surface area contributed by atoms with Gasteiger partial charge in [0.15, 0.2) is 17.6 Å². The standard InChI is InChI=1S/C19H17ClN2O4/c1-12(19(24)21-14-8-6-13(20)7-9-14)25-18(23)11-10-17-22-15-4-2-3-5-16(15)26-17/h2-9,12H,10-11H2,1H3,(H,21,24)/t12-/m1/s1. The van der Waals surface area contributed by atoms with Crippen LogP contribution in [0.2, 0.25) is 5.02 Å². The molecule has 0 fully saturated rings. The third-order valence-electron chi connectivity index (χ3n) is 3.67. The third kappa shape index (κ3) is 4.61. The molecular weight excluding hydrogens is 356 g/mol. The van der Waals surface area contributed by atoms with Crippen molar-refractivity contribution in [2.45, 2.75) is 25.9 Å². The Balaban J connectivity index is 1.48. The molecule has 1 N–H and O–H groups in total. The number of para-hydroxylation sites is 2. The molecule has 2 aromatic carbocycles. The molecule has 0 aliphatic heterocycles. The number of carbonyl (C=O) groups excluding carboxylic acids is 2. The van der Waals surface area contributed by atoms with Crippen molar-refractivity contribution in [3.63, 3.8) is 0 Å². The quantitative estimate of drug-likeness (QED) is 0.662. The number of ether oxygens (including phenoxy) is 1. The summed E-state index contributed by atoms with van der Waals surface area (Å²) in [5.74, 6) is -0.449. The van der Waals surface area contributed by atoms with Gasteiger partial charge in [0.25, 0.3) is 5.91 Å². The molecule has 1 heterocycles. The summed E-state index contributed by atoms with van der Waals surface area (Å²) in [6.45, 7) is 1.52. The molecule has 7 heteroatoms. The zero-order chi connectivity index (χ0) is 18.5. The lowest BCUT2D eigenvalue weighted by Gasteiger charge is -2.13. The number of fused-ring (bicyclic) bond motifs is 1. The first-order valence-electron chi connectivity index (χ1n) is 8.11. The first kappa shape index (κ1) is 17.9. The number of rotatable bonds is 6. The number of oxazole rings is 1. The summed E-state index contributed by atoms with van der Waals surface area (Å²) in [7, 11) is 0. The summed E-state index contributed by atoms with van der Waals surface area (Å²) in [4.78, 5) is 28.3. The summed E-state index contributed by atoms with van der Waals surface area (Å²) in [6, 6.07) is 14.0. The van der Waals surface area contributed by atoms with Crippen molar-refractivity contribution in [2.75, 3.05) is 5.32 Å². The second-order valence-corrected chi connectivity index (χ2v) is 6.14. The molecule has 134 valence electrons. The Morgan fingerprint density at radius 3 is 2.65 bits per heavy atom. The molecule has 0 aliphatic carbocycles.